The zero-order valence-electron chi connectivity index (χ0n) is 16.3. The molecule has 1 aromatic heterocycles. The average Bonchev–Trinajstić information content (AvgIpc) is 2.70. The van der Waals surface area contributed by atoms with Crippen LogP contribution < -0.4 is 15.4 Å². The third kappa shape index (κ3) is 5.44. The van der Waals surface area contributed by atoms with Crippen LogP contribution in [-0.4, -0.2) is 25.4 Å². The van der Waals surface area contributed by atoms with Crippen molar-refractivity contribution < 1.29 is 8.42 Å². The van der Waals surface area contributed by atoms with Gasteiger partial charge in [0.15, 0.2) is 0 Å². The molecule has 3 N–H and O–H groups in total. The summed E-state index contributed by atoms with van der Waals surface area (Å²) in [5, 5.41) is 6.99. The average molecular weight is 432 g/mol. The van der Waals surface area contributed by atoms with E-state index in [-0.39, 0.29) is 10.8 Å². The lowest BCUT2D eigenvalue weighted by Crippen LogP contribution is -2.19. The van der Waals surface area contributed by atoms with E-state index >= 15 is 0 Å². The molecule has 0 bridgehead atoms. The molecule has 0 unspecified atom stereocenters. The summed E-state index contributed by atoms with van der Waals surface area (Å²) in [6.07, 6.45) is 1.43. The van der Waals surface area contributed by atoms with E-state index in [2.05, 4.69) is 25.3 Å². The van der Waals surface area contributed by atoms with Gasteiger partial charge in [-0.05, 0) is 61.0 Å². The SMILES string of the molecule is CNS(=O)(=O)c1cc(Nc2cc(Nc3ccc(Cl)cc3)ncn2)cc(C(C)C)c1. The Bertz CT molecular complexity index is 1100. The highest BCUT2D eigenvalue weighted by atomic mass is 35.5. The second-order valence-electron chi connectivity index (χ2n) is 6.70. The van der Waals surface area contributed by atoms with Crippen molar-refractivity contribution >= 4 is 44.6 Å². The Morgan fingerprint density at radius 3 is 2.10 bits per heavy atom. The topological polar surface area (TPSA) is 96.0 Å². The number of rotatable bonds is 7. The predicted molar refractivity (Wildman–Crippen MR) is 117 cm³/mol. The number of benzene rings is 2. The molecule has 29 heavy (non-hydrogen) atoms. The summed E-state index contributed by atoms with van der Waals surface area (Å²) in [6.45, 7) is 4.02. The first-order chi connectivity index (χ1) is 13.8. The normalized spacial score (nSPS) is 11.5. The number of halogens is 1. The minimum atomic E-state index is -3.57. The third-order valence-electron chi connectivity index (χ3n) is 4.23. The Labute approximate surface area is 175 Å². The Balaban J connectivity index is 1.88. The number of hydrogen-bond donors (Lipinski definition) is 3. The third-order valence-corrected chi connectivity index (χ3v) is 5.88. The molecule has 2 aromatic carbocycles. The fraction of sp³-hybridized carbons (Fsp3) is 0.200. The van der Waals surface area contributed by atoms with E-state index < -0.39 is 10.0 Å². The van der Waals surface area contributed by atoms with Crippen molar-refractivity contribution in [3.05, 3.63) is 65.4 Å². The van der Waals surface area contributed by atoms with E-state index in [1.807, 2.05) is 32.0 Å². The minimum Gasteiger partial charge on any atom is -0.340 e. The molecular formula is C20H22ClN5O2S. The van der Waals surface area contributed by atoms with Gasteiger partial charge >= 0.3 is 0 Å². The Morgan fingerprint density at radius 2 is 1.52 bits per heavy atom. The number of hydrogen-bond acceptors (Lipinski definition) is 6. The quantitative estimate of drug-likeness (QED) is 0.504. The predicted octanol–water partition coefficient (Wildman–Crippen LogP) is 4.65. The summed E-state index contributed by atoms with van der Waals surface area (Å²) < 4.78 is 26.9. The van der Waals surface area contributed by atoms with Gasteiger partial charge in [0.05, 0.1) is 4.90 Å². The molecule has 0 amide bonds. The van der Waals surface area contributed by atoms with Crippen molar-refractivity contribution in [2.75, 3.05) is 17.7 Å². The summed E-state index contributed by atoms with van der Waals surface area (Å²) in [5.41, 5.74) is 2.36. The summed E-state index contributed by atoms with van der Waals surface area (Å²) in [4.78, 5) is 8.64. The van der Waals surface area contributed by atoms with Crippen LogP contribution in [0.2, 0.25) is 5.02 Å². The van der Waals surface area contributed by atoms with E-state index in [1.165, 1.54) is 13.4 Å². The standard InChI is InChI=1S/C20H22ClN5O2S/c1-13(2)14-8-17(10-18(9-14)29(27,28)22-3)26-20-11-19(23-12-24-20)25-16-6-4-15(21)5-7-16/h4-13,22H,1-3H3,(H2,23,24,25,26). The maximum atomic E-state index is 12.3. The second-order valence-corrected chi connectivity index (χ2v) is 9.02. The molecule has 152 valence electrons. The zero-order valence-corrected chi connectivity index (χ0v) is 17.8. The van der Waals surface area contributed by atoms with Gasteiger partial charge in [0.1, 0.15) is 18.0 Å². The molecule has 3 aromatic rings. The second kappa shape index (κ2) is 8.77. The van der Waals surface area contributed by atoms with Gasteiger partial charge in [0, 0.05) is 22.5 Å². The van der Waals surface area contributed by atoms with Crippen LogP contribution in [0.4, 0.5) is 23.0 Å². The number of nitrogens with one attached hydrogen (secondary N) is 3. The van der Waals surface area contributed by atoms with Gasteiger partial charge in [-0.15, -0.1) is 0 Å². The lowest BCUT2D eigenvalue weighted by Gasteiger charge is -2.14. The van der Waals surface area contributed by atoms with E-state index in [1.54, 1.807) is 30.3 Å². The van der Waals surface area contributed by atoms with Crippen LogP contribution in [0.15, 0.2) is 59.8 Å². The summed E-state index contributed by atoms with van der Waals surface area (Å²) in [7, 11) is -2.17. The first kappa shape index (κ1) is 21.0. The first-order valence-corrected chi connectivity index (χ1v) is 10.8. The van der Waals surface area contributed by atoms with Crippen LogP contribution in [0.5, 0.6) is 0 Å². The van der Waals surface area contributed by atoms with Crippen LogP contribution in [0.25, 0.3) is 0 Å². The lowest BCUT2D eigenvalue weighted by atomic mass is 10.0. The van der Waals surface area contributed by atoms with Crippen molar-refractivity contribution in [3.63, 3.8) is 0 Å². The molecular weight excluding hydrogens is 410 g/mol. The molecule has 1 heterocycles. The molecule has 0 saturated carbocycles. The molecule has 0 aliphatic heterocycles. The summed E-state index contributed by atoms with van der Waals surface area (Å²) >= 11 is 5.91. The smallest absolute Gasteiger partial charge is 0.240 e. The Kier molecular flexibility index (Phi) is 6.36. The van der Waals surface area contributed by atoms with Crippen molar-refractivity contribution in [2.45, 2.75) is 24.7 Å². The minimum absolute atomic E-state index is 0.162. The Morgan fingerprint density at radius 1 is 0.897 bits per heavy atom. The maximum Gasteiger partial charge on any atom is 0.240 e. The van der Waals surface area contributed by atoms with Crippen molar-refractivity contribution in [2.24, 2.45) is 0 Å². The highest BCUT2D eigenvalue weighted by Crippen LogP contribution is 2.27. The van der Waals surface area contributed by atoms with Gasteiger partial charge in [0.2, 0.25) is 10.0 Å². The molecule has 0 saturated heterocycles. The van der Waals surface area contributed by atoms with Crippen LogP contribution in [-0.2, 0) is 10.0 Å². The maximum absolute atomic E-state index is 12.3. The molecule has 0 aliphatic rings. The van der Waals surface area contributed by atoms with E-state index in [0.717, 1.165) is 11.3 Å². The largest absolute Gasteiger partial charge is 0.340 e. The fourth-order valence-corrected chi connectivity index (χ4v) is 3.56. The number of anilines is 4. The monoisotopic (exact) mass is 431 g/mol. The van der Waals surface area contributed by atoms with E-state index in [9.17, 15) is 8.42 Å². The van der Waals surface area contributed by atoms with Gasteiger partial charge in [-0.3, -0.25) is 0 Å². The van der Waals surface area contributed by atoms with Gasteiger partial charge in [-0.2, -0.15) is 0 Å². The Hall–Kier alpha value is -2.68. The molecule has 0 aliphatic carbocycles. The van der Waals surface area contributed by atoms with E-state index in [4.69, 9.17) is 11.6 Å². The fourth-order valence-electron chi connectivity index (χ4n) is 2.62. The van der Waals surface area contributed by atoms with Crippen molar-refractivity contribution in [3.8, 4) is 0 Å². The van der Waals surface area contributed by atoms with Crippen LogP contribution in [0.1, 0.15) is 25.3 Å². The highest BCUT2D eigenvalue weighted by molar-refractivity contribution is 7.89. The van der Waals surface area contributed by atoms with Gasteiger partial charge in [-0.25, -0.2) is 23.1 Å². The molecule has 3 rings (SSSR count). The van der Waals surface area contributed by atoms with Crippen molar-refractivity contribution in [1.82, 2.24) is 14.7 Å². The number of aromatic nitrogens is 2. The molecule has 0 spiro atoms. The molecule has 0 fully saturated rings. The molecule has 9 heteroatoms. The van der Waals surface area contributed by atoms with Gasteiger partial charge < -0.3 is 10.6 Å². The van der Waals surface area contributed by atoms with Crippen molar-refractivity contribution in [1.29, 1.82) is 0 Å². The molecule has 7 nitrogen and oxygen atoms in total. The number of sulfonamides is 1. The zero-order chi connectivity index (χ0) is 21.0. The van der Waals surface area contributed by atoms with E-state index in [0.29, 0.717) is 22.3 Å². The summed E-state index contributed by atoms with van der Waals surface area (Å²) in [6, 6.07) is 14.2. The lowest BCUT2D eigenvalue weighted by molar-refractivity contribution is 0.588. The molecule has 0 atom stereocenters. The van der Waals surface area contributed by atoms with Gasteiger partial charge in [0.25, 0.3) is 0 Å². The van der Waals surface area contributed by atoms with Crippen LogP contribution >= 0.6 is 11.6 Å². The molecule has 0 radical (unpaired) electrons. The number of nitrogens with zero attached hydrogens (tertiary/aromatic N) is 2. The first-order valence-electron chi connectivity index (χ1n) is 8.97. The van der Waals surface area contributed by atoms with Crippen LogP contribution in [0, 0.1) is 0 Å². The highest BCUT2D eigenvalue weighted by Gasteiger charge is 2.15. The van der Waals surface area contributed by atoms with Crippen LogP contribution in [0.3, 0.4) is 0 Å². The summed E-state index contributed by atoms with van der Waals surface area (Å²) in [5.74, 6) is 1.29. The van der Waals surface area contributed by atoms with Gasteiger partial charge in [-0.1, -0.05) is 25.4 Å².